The number of rotatable bonds is 4. The van der Waals surface area contributed by atoms with E-state index in [4.69, 9.17) is 0 Å². The van der Waals surface area contributed by atoms with E-state index in [2.05, 4.69) is 4.98 Å². The smallest absolute Gasteiger partial charge is 0.348 e. The number of amides is 2. The molecule has 3 rings (SSSR count). The number of likely N-dealkylation sites (tertiary alicyclic amines) is 2. The standard InChI is InChI=1S/C18H26N4O4/c1-13-11-14(2)21(17(26)19-13)12-15(24)22-8-4-6-18(22)5-3-7-20(9-10-23)16(18)25/h11,23H,3-10,12H2,1-2H3. The Labute approximate surface area is 152 Å². The highest BCUT2D eigenvalue weighted by Gasteiger charge is 2.52. The van der Waals surface area contributed by atoms with E-state index in [1.165, 1.54) is 4.57 Å². The van der Waals surface area contributed by atoms with Crippen LogP contribution >= 0.6 is 0 Å². The Hall–Kier alpha value is -2.22. The second-order valence-corrected chi connectivity index (χ2v) is 7.21. The molecule has 2 aliphatic heterocycles. The van der Waals surface area contributed by atoms with E-state index >= 15 is 0 Å². The molecule has 0 aliphatic carbocycles. The van der Waals surface area contributed by atoms with Gasteiger partial charge in [0.05, 0.1) is 6.61 Å². The molecule has 8 nitrogen and oxygen atoms in total. The lowest BCUT2D eigenvalue weighted by Crippen LogP contribution is -2.62. The minimum Gasteiger partial charge on any atom is -0.395 e. The lowest BCUT2D eigenvalue weighted by molar-refractivity contribution is -0.156. The number of aryl methyl sites for hydroxylation is 2. The zero-order valence-electron chi connectivity index (χ0n) is 15.4. The number of aliphatic hydroxyl groups is 1. The number of aromatic nitrogens is 2. The summed E-state index contributed by atoms with van der Waals surface area (Å²) in [5.74, 6) is -0.299. The fourth-order valence-electron chi connectivity index (χ4n) is 4.31. The van der Waals surface area contributed by atoms with Crippen LogP contribution in [0.25, 0.3) is 0 Å². The molecular formula is C18H26N4O4. The molecule has 1 aromatic rings. The van der Waals surface area contributed by atoms with E-state index < -0.39 is 11.2 Å². The van der Waals surface area contributed by atoms with Crippen LogP contribution in [0.5, 0.6) is 0 Å². The van der Waals surface area contributed by atoms with Crippen molar-refractivity contribution in [3.8, 4) is 0 Å². The second kappa shape index (κ2) is 7.19. The van der Waals surface area contributed by atoms with E-state index in [0.29, 0.717) is 43.9 Å². The molecule has 0 bridgehead atoms. The van der Waals surface area contributed by atoms with Crippen molar-refractivity contribution in [1.82, 2.24) is 19.4 Å². The summed E-state index contributed by atoms with van der Waals surface area (Å²) in [5, 5.41) is 9.20. The minimum absolute atomic E-state index is 0.0743. The molecule has 2 amide bonds. The number of piperidine rings is 1. The molecule has 1 aromatic heterocycles. The Balaban J connectivity index is 1.85. The summed E-state index contributed by atoms with van der Waals surface area (Å²) in [6, 6.07) is 1.77. The number of nitrogens with zero attached hydrogens (tertiary/aromatic N) is 4. The summed E-state index contributed by atoms with van der Waals surface area (Å²) in [7, 11) is 0. The van der Waals surface area contributed by atoms with Gasteiger partial charge < -0.3 is 14.9 Å². The molecule has 142 valence electrons. The van der Waals surface area contributed by atoms with Crippen LogP contribution in [0.15, 0.2) is 10.9 Å². The average molecular weight is 362 g/mol. The van der Waals surface area contributed by atoms with Crippen molar-refractivity contribution in [2.45, 2.75) is 51.6 Å². The molecule has 3 heterocycles. The fraction of sp³-hybridized carbons (Fsp3) is 0.667. The fourth-order valence-corrected chi connectivity index (χ4v) is 4.31. The Morgan fingerprint density at radius 2 is 1.92 bits per heavy atom. The third-order valence-electron chi connectivity index (χ3n) is 5.50. The SMILES string of the molecule is Cc1cc(C)n(CC(=O)N2CCCC23CCCN(CCO)C3=O)c(=O)n1. The van der Waals surface area contributed by atoms with Gasteiger partial charge in [-0.1, -0.05) is 0 Å². The lowest BCUT2D eigenvalue weighted by atomic mass is 9.85. The van der Waals surface area contributed by atoms with Crippen LogP contribution in [-0.2, 0) is 16.1 Å². The van der Waals surface area contributed by atoms with E-state index in [1.54, 1.807) is 29.7 Å². The van der Waals surface area contributed by atoms with Gasteiger partial charge in [0.2, 0.25) is 11.8 Å². The molecule has 26 heavy (non-hydrogen) atoms. The molecule has 0 aromatic carbocycles. The van der Waals surface area contributed by atoms with Gasteiger partial charge in [0, 0.05) is 31.0 Å². The van der Waals surface area contributed by atoms with Crippen molar-refractivity contribution in [2.24, 2.45) is 0 Å². The summed E-state index contributed by atoms with van der Waals surface area (Å²) >= 11 is 0. The van der Waals surface area contributed by atoms with Crippen LogP contribution in [0.2, 0.25) is 0 Å². The monoisotopic (exact) mass is 362 g/mol. The van der Waals surface area contributed by atoms with Crippen LogP contribution in [-0.4, -0.2) is 68.1 Å². The lowest BCUT2D eigenvalue weighted by Gasteiger charge is -2.44. The number of hydrogen-bond acceptors (Lipinski definition) is 5. The van der Waals surface area contributed by atoms with Crippen LogP contribution in [0, 0.1) is 13.8 Å². The van der Waals surface area contributed by atoms with E-state index in [-0.39, 0.29) is 25.0 Å². The van der Waals surface area contributed by atoms with Gasteiger partial charge in [-0.2, -0.15) is 4.98 Å². The van der Waals surface area contributed by atoms with Crippen molar-refractivity contribution in [3.05, 3.63) is 27.9 Å². The van der Waals surface area contributed by atoms with E-state index in [0.717, 1.165) is 12.8 Å². The molecule has 0 saturated carbocycles. The quantitative estimate of drug-likeness (QED) is 0.803. The topological polar surface area (TPSA) is 95.7 Å². The van der Waals surface area contributed by atoms with Gasteiger partial charge in [-0.3, -0.25) is 14.2 Å². The number of hydrogen-bond donors (Lipinski definition) is 1. The zero-order valence-corrected chi connectivity index (χ0v) is 15.4. The molecule has 1 unspecified atom stereocenters. The van der Waals surface area contributed by atoms with Crippen molar-refractivity contribution in [1.29, 1.82) is 0 Å². The van der Waals surface area contributed by atoms with Gasteiger partial charge >= 0.3 is 5.69 Å². The molecule has 2 aliphatic rings. The van der Waals surface area contributed by atoms with Crippen molar-refractivity contribution >= 4 is 11.8 Å². The summed E-state index contributed by atoms with van der Waals surface area (Å²) in [6.07, 6.45) is 2.85. The van der Waals surface area contributed by atoms with Gasteiger partial charge in [-0.05, 0) is 45.6 Å². The van der Waals surface area contributed by atoms with Gasteiger partial charge in [0.25, 0.3) is 0 Å². The first-order valence-corrected chi connectivity index (χ1v) is 9.15. The maximum absolute atomic E-state index is 13.0. The van der Waals surface area contributed by atoms with Crippen LogP contribution in [0.3, 0.4) is 0 Å². The average Bonchev–Trinajstić information content (AvgIpc) is 3.00. The van der Waals surface area contributed by atoms with E-state index in [1.807, 2.05) is 0 Å². The van der Waals surface area contributed by atoms with Crippen LogP contribution in [0.1, 0.15) is 37.1 Å². The highest BCUT2D eigenvalue weighted by Crippen LogP contribution is 2.38. The Bertz CT molecular complexity index is 773. The normalized spacial score (nSPS) is 23.1. The molecule has 1 atom stereocenters. The first-order valence-electron chi connectivity index (χ1n) is 9.15. The molecule has 2 saturated heterocycles. The first-order chi connectivity index (χ1) is 12.4. The van der Waals surface area contributed by atoms with Gasteiger partial charge in [-0.25, -0.2) is 4.79 Å². The summed E-state index contributed by atoms with van der Waals surface area (Å²) in [6.45, 7) is 4.76. The number of carbonyl (C=O) groups is 2. The first kappa shape index (κ1) is 18.6. The Morgan fingerprint density at radius 1 is 1.23 bits per heavy atom. The molecule has 0 radical (unpaired) electrons. The Morgan fingerprint density at radius 3 is 2.58 bits per heavy atom. The number of β-amino-alcohol motifs (C(OH)–C–C–N with tert-alkyl or cyclic N) is 1. The van der Waals surface area contributed by atoms with Gasteiger partial charge in [0.15, 0.2) is 0 Å². The third-order valence-corrected chi connectivity index (χ3v) is 5.50. The van der Waals surface area contributed by atoms with Gasteiger partial charge in [0.1, 0.15) is 12.1 Å². The van der Waals surface area contributed by atoms with Crippen LogP contribution < -0.4 is 5.69 Å². The van der Waals surface area contributed by atoms with Crippen LogP contribution in [0.4, 0.5) is 0 Å². The molecule has 1 N–H and O–H groups in total. The Kier molecular flexibility index (Phi) is 5.13. The minimum atomic E-state index is -0.819. The number of carbonyl (C=O) groups excluding carboxylic acids is 2. The summed E-state index contributed by atoms with van der Waals surface area (Å²) in [5.41, 5.74) is 0.0399. The van der Waals surface area contributed by atoms with Crippen molar-refractivity contribution in [2.75, 3.05) is 26.2 Å². The zero-order chi connectivity index (χ0) is 18.9. The van der Waals surface area contributed by atoms with Gasteiger partial charge in [-0.15, -0.1) is 0 Å². The van der Waals surface area contributed by atoms with Crippen molar-refractivity contribution < 1.29 is 14.7 Å². The molecule has 8 heteroatoms. The maximum atomic E-state index is 13.0. The third kappa shape index (κ3) is 3.13. The molecule has 1 spiro atoms. The second-order valence-electron chi connectivity index (χ2n) is 7.21. The molecule has 2 fully saturated rings. The maximum Gasteiger partial charge on any atom is 0.348 e. The summed E-state index contributed by atoms with van der Waals surface area (Å²) in [4.78, 5) is 45.4. The highest BCUT2D eigenvalue weighted by molar-refractivity contribution is 5.92. The highest BCUT2D eigenvalue weighted by atomic mass is 16.3. The number of aliphatic hydroxyl groups excluding tert-OH is 1. The largest absolute Gasteiger partial charge is 0.395 e. The molecular weight excluding hydrogens is 336 g/mol. The van der Waals surface area contributed by atoms with E-state index in [9.17, 15) is 19.5 Å². The summed E-state index contributed by atoms with van der Waals surface area (Å²) < 4.78 is 1.36. The predicted molar refractivity (Wildman–Crippen MR) is 94.5 cm³/mol. The van der Waals surface area contributed by atoms with Crippen molar-refractivity contribution in [3.63, 3.8) is 0 Å². The predicted octanol–water partition coefficient (Wildman–Crippen LogP) is -0.164.